The average Bonchev–Trinajstić information content (AvgIpc) is 3.10. The maximum absolute atomic E-state index is 13.2. The molecular weight excluding hydrogens is 440 g/mol. The Morgan fingerprint density at radius 2 is 1.76 bits per heavy atom. The number of Topliss-reactive ketones (excluding diaryl/α,β-unsaturated/α-hetero) is 1. The van der Waals surface area contributed by atoms with Gasteiger partial charge in [-0.1, -0.05) is 41.9 Å². The minimum Gasteiger partial charge on any atom is -0.507 e. The SMILES string of the molecule is CN1CCOc2ccc(/C(O)=C3/C(=O)C(=O)N(c4ccccc4)C3c3ccc(Cl)cc3)cc21. The Labute approximate surface area is 196 Å². The molecule has 5 rings (SSSR count). The number of likely N-dealkylation sites (N-methyl/N-ethyl adjacent to an activating group) is 1. The minimum atomic E-state index is -0.797. The normalized spacial score (nSPS) is 19.4. The van der Waals surface area contributed by atoms with Gasteiger partial charge in [0.05, 0.1) is 23.8 Å². The zero-order valence-corrected chi connectivity index (χ0v) is 18.6. The number of ketones is 1. The monoisotopic (exact) mass is 460 g/mol. The molecule has 0 spiro atoms. The molecule has 0 aromatic heterocycles. The maximum Gasteiger partial charge on any atom is 0.300 e. The van der Waals surface area contributed by atoms with Gasteiger partial charge < -0.3 is 14.7 Å². The van der Waals surface area contributed by atoms with E-state index in [1.165, 1.54) is 4.90 Å². The Balaban J connectivity index is 1.69. The summed E-state index contributed by atoms with van der Waals surface area (Å²) in [7, 11) is 1.94. The summed E-state index contributed by atoms with van der Waals surface area (Å²) in [5.74, 6) is -0.951. The third-order valence-electron chi connectivity index (χ3n) is 5.99. The van der Waals surface area contributed by atoms with Crippen LogP contribution >= 0.6 is 11.6 Å². The Hall–Kier alpha value is -3.77. The number of aliphatic hydroxyl groups is 1. The van der Waals surface area contributed by atoms with Gasteiger partial charge in [-0.05, 0) is 48.0 Å². The van der Waals surface area contributed by atoms with E-state index in [4.69, 9.17) is 16.3 Å². The Bertz CT molecular complexity index is 1270. The third-order valence-corrected chi connectivity index (χ3v) is 6.24. The zero-order valence-electron chi connectivity index (χ0n) is 17.9. The molecule has 3 aromatic rings. The van der Waals surface area contributed by atoms with Crippen molar-refractivity contribution in [1.82, 2.24) is 0 Å². The molecule has 33 heavy (non-hydrogen) atoms. The summed E-state index contributed by atoms with van der Waals surface area (Å²) in [5, 5.41) is 11.9. The standard InChI is InChI=1S/C26H21ClN2O4/c1-28-13-14-33-21-12-9-17(15-20(21)28)24(30)22-23(16-7-10-18(27)11-8-16)29(26(32)25(22)31)19-5-3-2-4-6-19/h2-12,15,23,30H,13-14H2,1H3/b24-22-. The van der Waals surface area contributed by atoms with E-state index in [0.29, 0.717) is 40.7 Å². The number of amides is 1. The van der Waals surface area contributed by atoms with Gasteiger partial charge >= 0.3 is 0 Å². The van der Waals surface area contributed by atoms with Crippen LogP contribution in [0.15, 0.2) is 78.4 Å². The molecule has 7 heteroatoms. The highest BCUT2D eigenvalue weighted by Crippen LogP contribution is 2.43. The van der Waals surface area contributed by atoms with Gasteiger partial charge in [0, 0.05) is 23.3 Å². The highest BCUT2D eigenvalue weighted by molar-refractivity contribution is 6.51. The van der Waals surface area contributed by atoms with Gasteiger partial charge in [-0.2, -0.15) is 0 Å². The van der Waals surface area contributed by atoms with E-state index in [1.54, 1.807) is 66.7 Å². The number of ether oxygens (including phenoxy) is 1. The number of anilines is 2. The highest BCUT2D eigenvalue weighted by atomic mass is 35.5. The van der Waals surface area contributed by atoms with E-state index in [1.807, 2.05) is 18.0 Å². The Kier molecular flexibility index (Phi) is 5.30. The number of carbonyl (C=O) groups is 2. The van der Waals surface area contributed by atoms with Crippen molar-refractivity contribution < 1.29 is 19.4 Å². The predicted octanol–water partition coefficient (Wildman–Crippen LogP) is 4.79. The van der Waals surface area contributed by atoms with E-state index in [-0.39, 0.29) is 11.3 Å². The molecule has 2 aliphatic heterocycles. The summed E-state index contributed by atoms with van der Waals surface area (Å²) in [4.78, 5) is 29.8. The number of aliphatic hydroxyl groups excluding tert-OH is 1. The van der Waals surface area contributed by atoms with E-state index in [2.05, 4.69) is 0 Å². The largest absolute Gasteiger partial charge is 0.507 e. The van der Waals surface area contributed by atoms with Crippen molar-refractivity contribution in [2.75, 3.05) is 30.0 Å². The summed E-state index contributed by atoms with van der Waals surface area (Å²) in [6, 6.07) is 20.3. The number of fused-ring (bicyclic) bond motifs is 1. The summed E-state index contributed by atoms with van der Waals surface area (Å²) >= 11 is 6.08. The molecule has 1 unspecified atom stereocenters. The van der Waals surface area contributed by atoms with Crippen LogP contribution in [0, 0.1) is 0 Å². The lowest BCUT2D eigenvalue weighted by molar-refractivity contribution is -0.132. The maximum atomic E-state index is 13.2. The quantitative estimate of drug-likeness (QED) is 0.345. The van der Waals surface area contributed by atoms with Crippen LogP contribution in [0.5, 0.6) is 5.75 Å². The van der Waals surface area contributed by atoms with Crippen LogP contribution in [0.1, 0.15) is 17.2 Å². The van der Waals surface area contributed by atoms with Gasteiger partial charge in [-0.3, -0.25) is 14.5 Å². The van der Waals surface area contributed by atoms with Crippen LogP contribution in [0.2, 0.25) is 5.02 Å². The van der Waals surface area contributed by atoms with Crippen LogP contribution in [0.4, 0.5) is 11.4 Å². The first-order valence-electron chi connectivity index (χ1n) is 10.6. The van der Waals surface area contributed by atoms with Gasteiger partial charge in [0.1, 0.15) is 18.1 Å². The first-order chi connectivity index (χ1) is 16.0. The molecule has 1 saturated heterocycles. The van der Waals surface area contributed by atoms with Gasteiger partial charge in [-0.25, -0.2) is 0 Å². The fourth-order valence-corrected chi connectivity index (χ4v) is 4.43. The van der Waals surface area contributed by atoms with Crippen molar-refractivity contribution in [1.29, 1.82) is 0 Å². The van der Waals surface area contributed by atoms with Crippen LogP contribution in [-0.2, 0) is 9.59 Å². The number of nitrogens with zero attached hydrogens (tertiary/aromatic N) is 2. The van der Waals surface area contributed by atoms with Crippen molar-refractivity contribution in [3.63, 3.8) is 0 Å². The van der Waals surface area contributed by atoms with Crippen molar-refractivity contribution in [3.05, 3.63) is 94.5 Å². The summed E-state index contributed by atoms with van der Waals surface area (Å²) in [6.45, 7) is 1.29. The molecule has 2 aliphatic rings. The van der Waals surface area contributed by atoms with Crippen LogP contribution in [-0.4, -0.2) is 37.0 Å². The average molecular weight is 461 g/mol. The molecule has 1 atom stereocenters. The second kappa shape index (κ2) is 8.30. The van der Waals surface area contributed by atoms with Crippen molar-refractivity contribution >= 4 is 40.4 Å². The van der Waals surface area contributed by atoms with Gasteiger partial charge in [-0.15, -0.1) is 0 Å². The lowest BCUT2D eigenvalue weighted by atomic mass is 9.95. The molecule has 1 N–H and O–H groups in total. The van der Waals surface area contributed by atoms with Crippen molar-refractivity contribution in [3.8, 4) is 5.75 Å². The fourth-order valence-electron chi connectivity index (χ4n) is 4.30. The lowest BCUT2D eigenvalue weighted by Gasteiger charge is -2.28. The van der Waals surface area contributed by atoms with Crippen LogP contribution in [0.25, 0.3) is 5.76 Å². The fraction of sp³-hybridized carbons (Fsp3) is 0.154. The molecular formula is C26H21ClN2O4. The number of hydrogen-bond donors (Lipinski definition) is 1. The molecule has 1 fully saturated rings. The van der Waals surface area contributed by atoms with E-state index in [0.717, 1.165) is 5.69 Å². The molecule has 0 bridgehead atoms. The summed E-state index contributed by atoms with van der Waals surface area (Å²) < 4.78 is 5.69. The predicted molar refractivity (Wildman–Crippen MR) is 128 cm³/mol. The van der Waals surface area contributed by atoms with Crippen LogP contribution in [0.3, 0.4) is 0 Å². The molecule has 3 aromatic carbocycles. The second-order valence-corrected chi connectivity index (χ2v) is 8.45. The molecule has 0 aliphatic carbocycles. The highest BCUT2D eigenvalue weighted by Gasteiger charge is 2.47. The lowest BCUT2D eigenvalue weighted by Crippen LogP contribution is -2.29. The van der Waals surface area contributed by atoms with Gasteiger partial charge in [0.2, 0.25) is 0 Å². The first kappa shape index (κ1) is 21.1. The summed E-state index contributed by atoms with van der Waals surface area (Å²) in [6.07, 6.45) is 0. The van der Waals surface area contributed by atoms with E-state index >= 15 is 0 Å². The van der Waals surface area contributed by atoms with Crippen molar-refractivity contribution in [2.24, 2.45) is 0 Å². The zero-order chi connectivity index (χ0) is 23.1. The van der Waals surface area contributed by atoms with E-state index < -0.39 is 17.7 Å². The molecule has 166 valence electrons. The number of hydrogen-bond acceptors (Lipinski definition) is 5. The number of para-hydroxylation sites is 1. The molecule has 1 amide bonds. The molecule has 2 heterocycles. The second-order valence-electron chi connectivity index (χ2n) is 8.01. The first-order valence-corrected chi connectivity index (χ1v) is 10.9. The third kappa shape index (κ3) is 3.62. The number of halogens is 1. The Morgan fingerprint density at radius 1 is 1.03 bits per heavy atom. The Morgan fingerprint density at radius 3 is 2.48 bits per heavy atom. The number of rotatable bonds is 3. The number of benzene rings is 3. The minimum absolute atomic E-state index is 0.0329. The smallest absolute Gasteiger partial charge is 0.300 e. The molecule has 0 saturated carbocycles. The molecule has 6 nitrogen and oxygen atoms in total. The summed E-state index contributed by atoms with van der Waals surface area (Å²) in [5.41, 5.74) is 2.52. The molecule has 0 radical (unpaired) electrons. The van der Waals surface area contributed by atoms with Gasteiger partial charge in [0.15, 0.2) is 0 Å². The van der Waals surface area contributed by atoms with Crippen LogP contribution < -0.4 is 14.5 Å². The van der Waals surface area contributed by atoms with Gasteiger partial charge in [0.25, 0.3) is 11.7 Å². The van der Waals surface area contributed by atoms with Crippen molar-refractivity contribution in [2.45, 2.75) is 6.04 Å². The van der Waals surface area contributed by atoms with E-state index in [9.17, 15) is 14.7 Å². The number of carbonyl (C=O) groups excluding carboxylic acids is 2. The topological polar surface area (TPSA) is 70.1 Å².